The van der Waals surface area contributed by atoms with E-state index in [2.05, 4.69) is 34.7 Å². The number of H-pyrrole nitrogens is 1. The highest BCUT2D eigenvalue weighted by atomic mass is 16.2. The summed E-state index contributed by atoms with van der Waals surface area (Å²) >= 11 is 0. The maximum Gasteiger partial charge on any atom is 0.320 e. The average Bonchev–Trinajstić information content (AvgIpc) is 2.86. The Bertz CT molecular complexity index is 533. The zero-order chi connectivity index (χ0) is 13.7. The quantitative estimate of drug-likeness (QED) is 0.789. The monoisotopic (exact) mass is 258 g/mol. The summed E-state index contributed by atoms with van der Waals surface area (Å²) in [6, 6.07) is 11.3. The van der Waals surface area contributed by atoms with Gasteiger partial charge in [0.15, 0.2) is 5.82 Å². The van der Waals surface area contributed by atoms with Gasteiger partial charge in [0, 0.05) is 18.3 Å². The number of urea groups is 1. The Kier molecular flexibility index (Phi) is 4.18. The third-order valence-electron chi connectivity index (χ3n) is 2.76. The van der Waals surface area contributed by atoms with Gasteiger partial charge in [0.05, 0.1) is 0 Å². The van der Waals surface area contributed by atoms with Crippen LogP contribution in [0.1, 0.15) is 31.0 Å². The van der Waals surface area contributed by atoms with Gasteiger partial charge in [-0.1, -0.05) is 44.2 Å². The Hall–Kier alpha value is -2.30. The summed E-state index contributed by atoms with van der Waals surface area (Å²) in [7, 11) is 0. The van der Waals surface area contributed by atoms with Crippen LogP contribution >= 0.6 is 0 Å². The number of rotatable bonds is 4. The SMILES string of the molecule is CC(C)c1cc(NC(=O)NCc2ccccc2)n[nH]1. The van der Waals surface area contributed by atoms with Crippen LogP contribution < -0.4 is 10.6 Å². The Balaban J connectivity index is 1.84. The van der Waals surface area contributed by atoms with Gasteiger partial charge in [0.25, 0.3) is 0 Å². The molecule has 1 heterocycles. The normalized spacial score (nSPS) is 10.5. The molecule has 0 aliphatic carbocycles. The summed E-state index contributed by atoms with van der Waals surface area (Å²) in [6.07, 6.45) is 0. The number of nitrogens with zero attached hydrogens (tertiary/aromatic N) is 1. The predicted octanol–water partition coefficient (Wildman–Crippen LogP) is 2.85. The fourth-order valence-electron chi connectivity index (χ4n) is 1.64. The van der Waals surface area contributed by atoms with E-state index in [9.17, 15) is 4.79 Å². The first kappa shape index (κ1) is 13.1. The minimum absolute atomic E-state index is 0.259. The number of hydrogen-bond acceptors (Lipinski definition) is 2. The van der Waals surface area contributed by atoms with Crippen molar-refractivity contribution in [2.45, 2.75) is 26.3 Å². The second kappa shape index (κ2) is 6.04. The van der Waals surface area contributed by atoms with Crippen molar-refractivity contribution >= 4 is 11.8 Å². The molecule has 19 heavy (non-hydrogen) atoms. The van der Waals surface area contributed by atoms with Gasteiger partial charge in [-0.3, -0.25) is 10.4 Å². The highest BCUT2D eigenvalue weighted by Crippen LogP contribution is 2.14. The maximum atomic E-state index is 11.7. The summed E-state index contributed by atoms with van der Waals surface area (Å²) < 4.78 is 0. The minimum atomic E-state index is -0.259. The van der Waals surface area contributed by atoms with E-state index in [4.69, 9.17) is 0 Å². The van der Waals surface area contributed by atoms with Crippen LogP contribution in [0.4, 0.5) is 10.6 Å². The van der Waals surface area contributed by atoms with Crippen molar-refractivity contribution in [1.82, 2.24) is 15.5 Å². The Labute approximate surface area is 112 Å². The van der Waals surface area contributed by atoms with Gasteiger partial charge >= 0.3 is 6.03 Å². The average molecular weight is 258 g/mol. The highest BCUT2D eigenvalue weighted by molar-refractivity contribution is 5.88. The number of carbonyl (C=O) groups is 1. The van der Waals surface area contributed by atoms with Crippen LogP contribution in [0.25, 0.3) is 0 Å². The van der Waals surface area contributed by atoms with E-state index >= 15 is 0 Å². The molecule has 100 valence electrons. The third kappa shape index (κ3) is 3.84. The zero-order valence-corrected chi connectivity index (χ0v) is 11.1. The molecule has 0 radical (unpaired) electrons. The summed E-state index contributed by atoms with van der Waals surface area (Å²) in [5.41, 5.74) is 2.06. The largest absolute Gasteiger partial charge is 0.334 e. The second-order valence-electron chi connectivity index (χ2n) is 4.66. The first-order valence-electron chi connectivity index (χ1n) is 6.29. The molecule has 0 fully saturated rings. The third-order valence-corrected chi connectivity index (χ3v) is 2.76. The molecule has 0 aliphatic heterocycles. The lowest BCUT2D eigenvalue weighted by molar-refractivity contribution is 0.251. The van der Waals surface area contributed by atoms with E-state index in [1.807, 2.05) is 36.4 Å². The minimum Gasteiger partial charge on any atom is -0.334 e. The molecule has 0 bridgehead atoms. The van der Waals surface area contributed by atoms with Crippen molar-refractivity contribution in [3.63, 3.8) is 0 Å². The molecule has 2 aromatic rings. The van der Waals surface area contributed by atoms with Crippen LogP contribution in [0.3, 0.4) is 0 Å². The van der Waals surface area contributed by atoms with Gasteiger partial charge in [-0.25, -0.2) is 4.79 Å². The molecule has 2 rings (SSSR count). The van der Waals surface area contributed by atoms with E-state index in [1.54, 1.807) is 0 Å². The Morgan fingerprint density at radius 1 is 1.32 bits per heavy atom. The van der Waals surface area contributed by atoms with Crippen molar-refractivity contribution in [3.05, 3.63) is 47.7 Å². The summed E-state index contributed by atoms with van der Waals surface area (Å²) in [5, 5.41) is 12.4. The predicted molar refractivity (Wildman–Crippen MR) is 75.0 cm³/mol. The van der Waals surface area contributed by atoms with Gasteiger partial charge in [0.1, 0.15) is 0 Å². The number of nitrogens with one attached hydrogen (secondary N) is 3. The first-order valence-corrected chi connectivity index (χ1v) is 6.29. The molecule has 0 aliphatic rings. The number of carbonyl (C=O) groups excluding carboxylic acids is 1. The highest BCUT2D eigenvalue weighted by Gasteiger charge is 2.07. The molecule has 0 atom stereocenters. The van der Waals surface area contributed by atoms with E-state index in [-0.39, 0.29) is 6.03 Å². The van der Waals surface area contributed by atoms with Crippen LogP contribution in [-0.2, 0) is 6.54 Å². The number of hydrogen-bond donors (Lipinski definition) is 3. The number of benzene rings is 1. The number of aromatic nitrogens is 2. The van der Waals surface area contributed by atoms with Crippen molar-refractivity contribution in [3.8, 4) is 0 Å². The van der Waals surface area contributed by atoms with Gasteiger partial charge in [0.2, 0.25) is 0 Å². The fourth-order valence-corrected chi connectivity index (χ4v) is 1.64. The van der Waals surface area contributed by atoms with E-state index in [0.717, 1.165) is 11.3 Å². The molecule has 0 spiro atoms. The summed E-state index contributed by atoms with van der Waals surface area (Å²) in [5.74, 6) is 0.893. The second-order valence-corrected chi connectivity index (χ2v) is 4.66. The molecule has 0 unspecified atom stereocenters. The molecule has 2 amide bonds. The van der Waals surface area contributed by atoms with Crippen molar-refractivity contribution in [1.29, 1.82) is 0 Å². The summed E-state index contributed by atoms with van der Waals surface area (Å²) in [6.45, 7) is 4.62. The van der Waals surface area contributed by atoms with Crippen LogP contribution in [0.15, 0.2) is 36.4 Å². The molecule has 0 saturated carbocycles. The zero-order valence-electron chi connectivity index (χ0n) is 11.1. The smallest absolute Gasteiger partial charge is 0.320 e. The number of amides is 2. The lowest BCUT2D eigenvalue weighted by atomic mass is 10.1. The van der Waals surface area contributed by atoms with Gasteiger partial charge in [-0.15, -0.1) is 0 Å². The van der Waals surface area contributed by atoms with E-state index < -0.39 is 0 Å². The molecule has 0 saturated heterocycles. The number of anilines is 1. The fraction of sp³-hybridized carbons (Fsp3) is 0.286. The lowest BCUT2D eigenvalue weighted by Crippen LogP contribution is -2.28. The molecule has 3 N–H and O–H groups in total. The van der Waals surface area contributed by atoms with E-state index in [1.165, 1.54) is 0 Å². The molecule has 1 aromatic carbocycles. The standard InChI is InChI=1S/C14H18N4O/c1-10(2)12-8-13(18-17-12)16-14(19)15-9-11-6-4-3-5-7-11/h3-8,10H,9H2,1-2H3,(H3,15,16,17,18,19). The van der Waals surface area contributed by atoms with Crippen molar-refractivity contribution < 1.29 is 4.79 Å². The van der Waals surface area contributed by atoms with Gasteiger partial charge in [-0.2, -0.15) is 5.10 Å². The number of aromatic amines is 1. The van der Waals surface area contributed by atoms with Crippen molar-refractivity contribution in [2.75, 3.05) is 5.32 Å². The van der Waals surface area contributed by atoms with Gasteiger partial charge < -0.3 is 5.32 Å². The van der Waals surface area contributed by atoms with Crippen LogP contribution in [0.2, 0.25) is 0 Å². The maximum absolute atomic E-state index is 11.7. The van der Waals surface area contributed by atoms with Crippen molar-refractivity contribution in [2.24, 2.45) is 0 Å². The summed E-state index contributed by atoms with van der Waals surface area (Å²) in [4.78, 5) is 11.7. The van der Waals surface area contributed by atoms with Crippen LogP contribution in [0.5, 0.6) is 0 Å². The lowest BCUT2D eigenvalue weighted by Gasteiger charge is -2.05. The van der Waals surface area contributed by atoms with Crippen LogP contribution in [0, 0.1) is 0 Å². The Morgan fingerprint density at radius 2 is 2.05 bits per heavy atom. The van der Waals surface area contributed by atoms with Crippen LogP contribution in [-0.4, -0.2) is 16.2 Å². The molecule has 5 heteroatoms. The van der Waals surface area contributed by atoms with E-state index in [0.29, 0.717) is 18.3 Å². The molecular formula is C14H18N4O. The van der Waals surface area contributed by atoms with Gasteiger partial charge in [-0.05, 0) is 11.5 Å². The molecule has 5 nitrogen and oxygen atoms in total. The molecular weight excluding hydrogens is 240 g/mol. The first-order chi connectivity index (χ1) is 9.15. The Morgan fingerprint density at radius 3 is 2.68 bits per heavy atom. The molecule has 1 aromatic heterocycles. The topological polar surface area (TPSA) is 69.8 Å².